The van der Waals surface area contributed by atoms with Crippen LogP contribution in [-0.2, 0) is 21.4 Å². The molecule has 0 aromatic heterocycles. The molecule has 1 aromatic carbocycles. The van der Waals surface area contributed by atoms with E-state index in [0.29, 0.717) is 11.7 Å². The summed E-state index contributed by atoms with van der Waals surface area (Å²) in [6.45, 7) is 6.14. The third kappa shape index (κ3) is 1.76. The van der Waals surface area contributed by atoms with Crippen LogP contribution in [-0.4, -0.2) is 29.7 Å². The van der Waals surface area contributed by atoms with E-state index in [1.165, 1.54) is 24.0 Å². The van der Waals surface area contributed by atoms with Crippen molar-refractivity contribution in [2.45, 2.75) is 82.8 Å². The van der Waals surface area contributed by atoms with Crippen LogP contribution < -0.4 is 4.74 Å². The van der Waals surface area contributed by atoms with Gasteiger partial charge in [0.1, 0.15) is 17.5 Å². The topological polar surface area (TPSA) is 55.8 Å². The fourth-order valence-electron chi connectivity index (χ4n) is 8.23. The SMILES string of the molecule is CC[C@@]1(OC)[C@@H](C(C)=O)C[C@]2(CC)[C@@H]3CCCC24c2c(ccc(O)c2O[C@H]41)C3. The van der Waals surface area contributed by atoms with Gasteiger partial charge < -0.3 is 14.6 Å². The van der Waals surface area contributed by atoms with Crippen LogP contribution in [0.3, 0.4) is 0 Å². The summed E-state index contributed by atoms with van der Waals surface area (Å²) in [4.78, 5) is 12.9. The second kappa shape index (κ2) is 5.75. The Kier molecular flexibility index (Phi) is 3.79. The summed E-state index contributed by atoms with van der Waals surface area (Å²) < 4.78 is 12.9. The Bertz CT molecular complexity index is 841. The minimum Gasteiger partial charge on any atom is -0.504 e. The predicted octanol–water partition coefficient (Wildman–Crippen LogP) is 4.55. The maximum Gasteiger partial charge on any atom is 0.165 e. The van der Waals surface area contributed by atoms with Gasteiger partial charge >= 0.3 is 0 Å². The zero-order chi connectivity index (χ0) is 19.9. The number of rotatable bonds is 4. The van der Waals surface area contributed by atoms with Crippen molar-refractivity contribution in [2.24, 2.45) is 17.3 Å². The second-order valence-corrected chi connectivity index (χ2v) is 9.60. The molecule has 4 nitrogen and oxygen atoms in total. The highest BCUT2D eigenvalue weighted by Gasteiger charge is 2.76. The van der Waals surface area contributed by atoms with Crippen molar-refractivity contribution in [1.82, 2.24) is 0 Å². The molecule has 0 radical (unpaired) electrons. The molecule has 1 unspecified atom stereocenters. The molecule has 1 heterocycles. The molecule has 1 N–H and O–H groups in total. The van der Waals surface area contributed by atoms with Crippen LogP contribution in [0.5, 0.6) is 11.5 Å². The number of Topliss-reactive ketones (excluding diaryl/α,β-unsaturated/α-hetero) is 1. The molecule has 1 aliphatic heterocycles. The lowest BCUT2D eigenvalue weighted by molar-refractivity contribution is -0.229. The van der Waals surface area contributed by atoms with E-state index in [0.717, 1.165) is 32.1 Å². The van der Waals surface area contributed by atoms with Crippen molar-refractivity contribution in [1.29, 1.82) is 0 Å². The Hall–Kier alpha value is -1.55. The quantitative estimate of drug-likeness (QED) is 0.828. The number of ether oxygens (including phenoxy) is 2. The number of hydrogen-bond donors (Lipinski definition) is 1. The Labute approximate surface area is 167 Å². The third-order valence-corrected chi connectivity index (χ3v) is 9.27. The van der Waals surface area contributed by atoms with Gasteiger partial charge in [0.2, 0.25) is 0 Å². The average molecular weight is 385 g/mol. The standard InChI is InChI=1S/C24H32O4/c1-5-22-13-17(14(3)25)24(6-2,27-4)21-23(22)11-7-8-16(22)12-15-9-10-18(26)20(28-21)19(15)23/h9-10,16-17,21,26H,5-8,11-13H2,1-4H3/t16-,17-,21-,22-,23?,24-/m1/s1. The lowest BCUT2D eigenvalue weighted by Crippen LogP contribution is -2.74. The normalized spacial score (nSPS) is 42.6. The van der Waals surface area contributed by atoms with Crippen molar-refractivity contribution in [3.05, 3.63) is 23.3 Å². The van der Waals surface area contributed by atoms with Crippen LogP contribution in [0.15, 0.2) is 12.1 Å². The van der Waals surface area contributed by atoms with Crippen molar-refractivity contribution < 1.29 is 19.4 Å². The first-order valence-electron chi connectivity index (χ1n) is 11.0. The smallest absolute Gasteiger partial charge is 0.165 e. The van der Waals surface area contributed by atoms with E-state index in [9.17, 15) is 9.90 Å². The summed E-state index contributed by atoms with van der Waals surface area (Å²) in [6, 6.07) is 3.90. The molecule has 6 atom stereocenters. The second-order valence-electron chi connectivity index (χ2n) is 9.60. The fourth-order valence-corrected chi connectivity index (χ4v) is 8.23. The first kappa shape index (κ1) is 18.5. The molecule has 4 heteroatoms. The number of ketones is 1. The molecular formula is C24H32O4. The molecule has 152 valence electrons. The van der Waals surface area contributed by atoms with Gasteiger partial charge in [-0.15, -0.1) is 0 Å². The number of phenolic OH excluding ortho intramolecular Hbond substituents is 1. The summed E-state index contributed by atoms with van der Waals surface area (Å²) in [5.74, 6) is 1.50. The third-order valence-electron chi connectivity index (χ3n) is 9.27. The number of methoxy groups -OCH3 is 1. The molecule has 2 bridgehead atoms. The Balaban J connectivity index is 1.86. The maximum atomic E-state index is 12.9. The van der Waals surface area contributed by atoms with Crippen molar-refractivity contribution in [3.8, 4) is 11.5 Å². The Morgan fingerprint density at radius 1 is 1.32 bits per heavy atom. The Morgan fingerprint density at radius 3 is 2.75 bits per heavy atom. The van der Waals surface area contributed by atoms with Gasteiger partial charge in [0.15, 0.2) is 11.5 Å². The molecule has 1 spiro atoms. The maximum absolute atomic E-state index is 12.9. The van der Waals surface area contributed by atoms with Gasteiger partial charge in [0, 0.05) is 18.1 Å². The van der Waals surface area contributed by atoms with Crippen LogP contribution in [0.1, 0.15) is 70.4 Å². The number of carbonyl (C=O) groups excluding carboxylic acids is 1. The fraction of sp³-hybridized carbons (Fsp3) is 0.708. The van der Waals surface area contributed by atoms with Gasteiger partial charge in [-0.2, -0.15) is 0 Å². The molecular weight excluding hydrogens is 352 g/mol. The summed E-state index contributed by atoms with van der Waals surface area (Å²) in [5, 5.41) is 10.7. The van der Waals surface area contributed by atoms with Gasteiger partial charge in [-0.25, -0.2) is 0 Å². The molecule has 0 saturated heterocycles. The lowest BCUT2D eigenvalue weighted by atomic mass is 9.36. The summed E-state index contributed by atoms with van der Waals surface area (Å²) >= 11 is 0. The lowest BCUT2D eigenvalue weighted by Gasteiger charge is -2.68. The summed E-state index contributed by atoms with van der Waals surface area (Å²) in [7, 11) is 1.74. The monoisotopic (exact) mass is 384 g/mol. The zero-order valence-corrected chi connectivity index (χ0v) is 17.5. The van der Waals surface area contributed by atoms with Crippen LogP contribution >= 0.6 is 0 Å². The van der Waals surface area contributed by atoms with E-state index in [1.54, 1.807) is 20.1 Å². The predicted molar refractivity (Wildman–Crippen MR) is 107 cm³/mol. The minimum absolute atomic E-state index is 0.0372. The minimum atomic E-state index is -0.646. The van der Waals surface area contributed by atoms with E-state index in [4.69, 9.17) is 9.47 Å². The Morgan fingerprint density at radius 2 is 2.11 bits per heavy atom. The van der Waals surface area contributed by atoms with Crippen LogP contribution in [0.4, 0.5) is 0 Å². The zero-order valence-electron chi connectivity index (χ0n) is 17.5. The van der Waals surface area contributed by atoms with Gasteiger partial charge in [0.05, 0.1) is 5.92 Å². The van der Waals surface area contributed by atoms with E-state index in [2.05, 4.69) is 19.9 Å². The molecule has 2 fully saturated rings. The molecule has 0 amide bonds. The molecule has 5 rings (SSSR count). The largest absolute Gasteiger partial charge is 0.504 e. The van der Waals surface area contributed by atoms with E-state index < -0.39 is 5.60 Å². The number of carbonyl (C=O) groups is 1. The van der Waals surface area contributed by atoms with Crippen LogP contribution in [0.25, 0.3) is 0 Å². The highest BCUT2D eigenvalue weighted by Crippen LogP contribution is 2.75. The molecule has 1 aromatic rings. The average Bonchev–Trinajstić information content (AvgIpc) is 3.04. The van der Waals surface area contributed by atoms with E-state index in [-0.39, 0.29) is 34.4 Å². The summed E-state index contributed by atoms with van der Waals surface area (Å²) in [5.41, 5.74) is 1.81. The number of benzene rings is 1. The number of aromatic hydroxyl groups is 1. The van der Waals surface area contributed by atoms with Gasteiger partial charge in [-0.05, 0) is 68.4 Å². The first-order chi connectivity index (χ1) is 13.4. The number of phenols is 1. The van der Waals surface area contributed by atoms with E-state index >= 15 is 0 Å². The van der Waals surface area contributed by atoms with Gasteiger partial charge in [-0.3, -0.25) is 4.79 Å². The molecule has 28 heavy (non-hydrogen) atoms. The van der Waals surface area contributed by atoms with Crippen LogP contribution in [0, 0.1) is 17.3 Å². The van der Waals surface area contributed by atoms with Crippen LogP contribution in [0.2, 0.25) is 0 Å². The van der Waals surface area contributed by atoms with Gasteiger partial charge in [-0.1, -0.05) is 26.3 Å². The molecule has 4 aliphatic rings. The van der Waals surface area contributed by atoms with Gasteiger partial charge in [0.25, 0.3) is 0 Å². The molecule has 3 aliphatic carbocycles. The highest BCUT2D eigenvalue weighted by atomic mass is 16.6. The van der Waals surface area contributed by atoms with Crippen molar-refractivity contribution in [2.75, 3.05) is 7.11 Å². The first-order valence-corrected chi connectivity index (χ1v) is 11.0. The highest BCUT2D eigenvalue weighted by molar-refractivity contribution is 5.81. The number of hydrogen-bond acceptors (Lipinski definition) is 4. The summed E-state index contributed by atoms with van der Waals surface area (Å²) in [6.07, 6.45) is 6.91. The van der Waals surface area contributed by atoms with Crippen molar-refractivity contribution in [3.63, 3.8) is 0 Å². The van der Waals surface area contributed by atoms with E-state index in [1.807, 2.05) is 0 Å². The molecule has 2 saturated carbocycles. The van der Waals surface area contributed by atoms with Crippen molar-refractivity contribution >= 4 is 5.78 Å².